The van der Waals surface area contributed by atoms with Crippen LogP contribution in [-0.2, 0) is 15.9 Å². The highest BCUT2D eigenvalue weighted by atomic mass is 35.5. The third-order valence-corrected chi connectivity index (χ3v) is 6.01. The van der Waals surface area contributed by atoms with Gasteiger partial charge in [-0.15, -0.1) is 22.9 Å². The first-order valence-corrected chi connectivity index (χ1v) is 8.48. The molecule has 0 aliphatic heterocycles. The van der Waals surface area contributed by atoms with Crippen molar-refractivity contribution in [2.45, 2.75) is 17.2 Å². The average Bonchev–Trinajstić information content (AvgIpc) is 2.76. The summed E-state index contributed by atoms with van der Waals surface area (Å²) in [5.41, 5.74) is 0. The molecule has 0 aliphatic carbocycles. The number of hydrogen-bond acceptors (Lipinski definition) is 4. The molecule has 1 heterocycles. The van der Waals surface area contributed by atoms with Crippen LogP contribution in [0.25, 0.3) is 0 Å². The summed E-state index contributed by atoms with van der Waals surface area (Å²) in [7, 11) is 2.16. The van der Waals surface area contributed by atoms with Crippen LogP contribution in [0.3, 0.4) is 0 Å². The van der Waals surface area contributed by atoms with E-state index in [4.69, 9.17) is 11.6 Å². The molecule has 0 saturated heterocycles. The Morgan fingerprint density at radius 1 is 1.28 bits per heavy atom. The first-order valence-electron chi connectivity index (χ1n) is 5.63. The van der Waals surface area contributed by atoms with Gasteiger partial charge in [0.2, 0.25) is 10.0 Å². The van der Waals surface area contributed by atoms with Crippen molar-refractivity contribution in [1.82, 2.24) is 9.21 Å². The van der Waals surface area contributed by atoms with Gasteiger partial charge in [0.25, 0.3) is 0 Å². The van der Waals surface area contributed by atoms with Crippen molar-refractivity contribution in [3.8, 4) is 0 Å². The fourth-order valence-electron chi connectivity index (χ4n) is 1.55. The van der Waals surface area contributed by atoms with Crippen molar-refractivity contribution in [2.75, 3.05) is 34.2 Å². The Labute approximate surface area is 118 Å². The molecule has 0 aliphatic rings. The fraction of sp³-hybridized carbons (Fsp3) is 0.636. The lowest BCUT2D eigenvalue weighted by atomic mass is 10.4. The highest BCUT2D eigenvalue weighted by Gasteiger charge is 2.24. The summed E-state index contributed by atoms with van der Waals surface area (Å²) in [4.78, 5) is 3.08. The molecule has 1 aromatic heterocycles. The van der Waals surface area contributed by atoms with Gasteiger partial charge in [-0.2, -0.15) is 0 Å². The van der Waals surface area contributed by atoms with Gasteiger partial charge in [0.15, 0.2) is 0 Å². The molecule has 0 bridgehead atoms. The van der Waals surface area contributed by atoms with Crippen LogP contribution in [0.2, 0.25) is 0 Å². The van der Waals surface area contributed by atoms with Gasteiger partial charge in [-0.1, -0.05) is 0 Å². The van der Waals surface area contributed by atoms with Crippen molar-refractivity contribution >= 4 is 33.0 Å². The highest BCUT2D eigenvalue weighted by Crippen LogP contribution is 2.26. The molecule has 0 unspecified atom stereocenters. The van der Waals surface area contributed by atoms with E-state index in [-0.39, 0.29) is 5.88 Å². The number of alkyl halides is 1. The lowest BCUT2D eigenvalue weighted by molar-refractivity contribution is 0.370. The maximum Gasteiger partial charge on any atom is 0.243 e. The molecular weight excluding hydrogens is 292 g/mol. The van der Waals surface area contributed by atoms with Gasteiger partial charge in [-0.3, -0.25) is 0 Å². The third-order valence-electron chi connectivity index (χ3n) is 2.59. The molecule has 0 fully saturated rings. The monoisotopic (exact) mass is 310 g/mol. The van der Waals surface area contributed by atoms with E-state index in [1.54, 1.807) is 18.5 Å². The molecule has 0 amide bonds. The maximum absolute atomic E-state index is 12.3. The Kier molecular flexibility index (Phi) is 6.07. The number of rotatable bonds is 7. The van der Waals surface area contributed by atoms with Crippen molar-refractivity contribution in [3.05, 3.63) is 16.3 Å². The van der Waals surface area contributed by atoms with Crippen molar-refractivity contribution in [3.63, 3.8) is 0 Å². The van der Waals surface area contributed by atoms with Gasteiger partial charge in [0, 0.05) is 18.5 Å². The SMILES string of the molecule is CN(C)CCCN(C)S(=O)(=O)c1ccsc1CCl. The number of halogens is 1. The second-order valence-electron chi connectivity index (χ2n) is 4.33. The molecular formula is C11H19ClN2O2S2. The van der Waals surface area contributed by atoms with Crippen molar-refractivity contribution in [1.29, 1.82) is 0 Å². The Hall–Kier alpha value is -0.140. The van der Waals surface area contributed by atoms with E-state index in [0.717, 1.165) is 13.0 Å². The largest absolute Gasteiger partial charge is 0.309 e. The summed E-state index contributed by atoms with van der Waals surface area (Å²) in [5.74, 6) is 0.234. The van der Waals surface area contributed by atoms with Crippen LogP contribution in [0.1, 0.15) is 11.3 Å². The minimum atomic E-state index is -3.40. The molecule has 1 rings (SSSR count). The molecule has 0 atom stereocenters. The molecule has 0 N–H and O–H groups in total. The molecule has 18 heavy (non-hydrogen) atoms. The van der Waals surface area contributed by atoms with Crippen LogP contribution in [0, 0.1) is 0 Å². The molecule has 104 valence electrons. The Balaban J connectivity index is 2.74. The van der Waals surface area contributed by atoms with Gasteiger partial charge in [-0.25, -0.2) is 12.7 Å². The quantitative estimate of drug-likeness (QED) is 0.724. The average molecular weight is 311 g/mol. The Bertz CT molecular complexity index is 471. The van der Waals surface area contributed by atoms with Crippen LogP contribution < -0.4 is 0 Å². The minimum Gasteiger partial charge on any atom is -0.309 e. The molecule has 4 nitrogen and oxygen atoms in total. The van der Waals surface area contributed by atoms with Crippen LogP contribution in [0.5, 0.6) is 0 Å². The van der Waals surface area contributed by atoms with Crippen LogP contribution >= 0.6 is 22.9 Å². The van der Waals surface area contributed by atoms with E-state index >= 15 is 0 Å². The zero-order chi connectivity index (χ0) is 13.8. The fourth-order valence-corrected chi connectivity index (χ4v) is 4.43. The standard InChI is InChI=1S/C11H19ClN2O2S2/c1-13(2)6-4-7-14(3)18(15,16)11-5-8-17-10(11)9-12/h5,8H,4,6-7,9H2,1-3H3. The molecule has 0 saturated carbocycles. The second kappa shape index (κ2) is 6.86. The zero-order valence-corrected chi connectivity index (χ0v) is 13.3. The zero-order valence-electron chi connectivity index (χ0n) is 10.9. The van der Waals surface area contributed by atoms with Gasteiger partial charge in [-0.05, 0) is 38.5 Å². The topological polar surface area (TPSA) is 40.6 Å². The van der Waals surface area contributed by atoms with E-state index in [1.807, 2.05) is 19.0 Å². The van der Waals surface area contributed by atoms with Crippen LogP contribution in [-0.4, -0.2) is 51.9 Å². The van der Waals surface area contributed by atoms with E-state index in [9.17, 15) is 8.42 Å². The second-order valence-corrected chi connectivity index (χ2v) is 7.61. The molecule has 0 spiro atoms. The number of hydrogen-bond donors (Lipinski definition) is 0. The van der Waals surface area contributed by atoms with Crippen molar-refractivity contribution in [2.24, 2.45) is 0 Å². The van der Waals surface area contributed by atoms with Gasteiger partial charge < -0.3 is 4.90 Å². The smallest absolute Gasteiger partial charge is 0.243 e. The summed E-state index contributed by atoms with van der Waals surface area (Å²) in [6.07, 6.45) is 0.809. The summed E-state index contributed by atoms with van der Waals surface area (Å²) >= 11 is 7.13. The summed E-state index contributed by atoms with van der Waals surface area (Å²) in [5, 5.41) is 1.76. The van der Waals surface area contributed by atoms with Gasteiger partial charge >= 0.3 is 0 Å². The minimum absolute atomic E-state index is 0.234. The van der Waals surface area contributed by atoms with E-state index in [2.05, 4.69) is 0 Å². The van der Waals surface area contributed by atoms with Crippen molar-refractivity contribution < 1.29 is 8.42 Å². The maximum atomic E-state index is 12.3. The van der Waals surface area contributed by atoms with Crippen LogP contribution in [0.15, 0.2) is 16.3 Å². The first-order chi connectivity index (χ1) is 8.39. The third kappa shape index (κ3) is 3.93. The van der Waals surface area contributed by atoms with E-state index in [0.29, 0.717) is 16.3 Å². The molecule has 7 heteroatoms. The normalized spacial score (nSPS) is 12.6. The van der Waals surface area contributed by atoms with E-state index in [1.165, 1.54) is 15.6 Å². The predicted molar refractivity (Wildman–Crippen MR) is 76.9 cm³/mol. The summed E-state index contributed by atoms with van der Waals surface area (Å²) in [6.45, 7) is 1.38. The van der Waals surface area contributed by atoms with Crippen LogP contribution in [0.4, 0.5) is 0 Å². The van der Waals surface area contributed by atoms with E-state index < -0.39 is 10.0 Å². The van der Waals surface area contributed by atoms with Gasteiger partial charge in [0.1, 0.15) is 0 Å². The number of sulfonamides is 1. The molecule has 0 radical (unpaired) electrons. The molecule has 0 aromatic carbocycles. The number of thiophene rings is 1. The lowest BCUT2D eigenvalue weighted by Gasteiger charge is -2.18. The number of nitrogens with zero attached hydrogens (tertiary/aromatic N) is 2. The highest BCUT2D eigenvalue weighted by molar-refractivity contribution is 7.89. The Morgan fingerprint density at radius 2 is 1.94 bits per heavy atom. The van der Waals surface area contributed by atoms with Gasteiger partial charge in [0.05, 0.1) is 10.8 Å². The summed E-state index contributed by atoms with van der Waals surface area (Å²) < 4.78 is 26.0. The predicted octanol–water partition coefficient (Wildman–Crippen LogP) is 2.06. The molecule has 1 aromatic rings. The Morgan fingerprint density at radius 3 is 2.50 bits per heavy atom. The first kappa shape index (κ1) is 15.9. The summed E-state index contributed by atoms with van der Waals surface area (Å²) in [6, 6.07) is 1.63. The lowest BCUT2D eigenvalue weighted by Crippen LogP contribution is -2.30.